The number of hydrogen-bond donors (Lipinski definition) is 4. The number of hydrogen-bond acceptors (Lipinski definition) is 5. The second-order valence-electron chi connectivity index (χ2n) is 5.99. The van der Waals surface area contributed by atoms with Gasteiger partial charge in [-0.25, -0.2) is 9.59 Å². The first-order valence-electron chi connectivity index (χ1n) is 7.91. The highest BCUT2D eigenvalue weighted by Gasteiger charge is 2.33. The van der Waals surface area contributed by atoms with Crippen molar-refractivity contribution in [3.05, 3.63) is 35.9 Å². The lowest BCUT2D eigenvalue weighted by atomic mass is 9.90. The Bertz CT molecular complexity index is 515. The molecule has 134 valence electrons. The van der Waals surface area contributed by atoms with Gasteiger partial charge >= 0.3 is 11.9 Å². The number of aliphatic hydroxyl groups is 1. The van der Waals surface area contributed by atoms with Gasteiger partial charge in [0.05, 0.1) is 5.60 Å². The third-order valence-corrected chi connectivity index (χ3v) is 4.25. The van der Waals surface area contributed by atoms with Gasteiger partial charge < -0.3 is 20.6 Å². The van der Waals surface area contributed by atoms with E-state index in [0.29, 0.717) is 12.6 Å². The Morgan fingerprint density at radius 2 is 1.67 bits per heavy atom. The Kier molecular flexibility index (Phi) is 7.84. The van der Waals surface area contributed by atoms with E-state index in [4.69, 9.17) is 19.8 Å². The fourth-order valence-electron chi connectivity index (χ4n) is 2.78. The van der Waals surface area contributed by atoms with Crippen molar-refractivity contribution in [3.8, 4) is 0 Å². The molecule has 0 spiro atoms. The van der Waals surface area contributed by atoms with Crippen LogP contribution in [-0.2, 0) is 9.59 Å². The molecule has 0 amide bonds. The molecule has 1 saturated heterocycles. The van der Waals surface area contributed by atoms with Crippen molar-refractivity contribution in [1.82, 2.24) is 10.2 Å². The minimum atomic E-state index is -1.82. The molecule has 1 atom stereocenters. The van der Waals surface area contributed by atoms with Crippen LogP contribution in [0.25, 0.3) is 0 Å². The number of likely N-dealkylation sites (tertiary alicyclic amines) is 1. The zero-order chi connectivity index (χ0) is 18.2. The number of likely N-dealkylation sites (N-methyl/N-ethyl adjacent to an activating group) is 1. The zero-order valence-electron chi connectivity index (χ0n) is 14.1. The minimum Gasteiger partial charge on any atom is -0.473 e. The van der Waals surface area contributed by atoms with E-state index in [0.717, 1.165) is 25.9 Å². The third-order valence-electron chi connectivity index (χ3n) is 4.25. The number of nitrogens with one attached hydrogen (secondary N) is 1. The average Bonchev–Trinajstić information content (AvgIpc) is 2.56. The standard InChI is InChI=1S/C15H24N2O.C2H2O4/c1-13(14-6-4-3-5-7-14)17-10-8-15(18,9-11-17)12-16-2;3-1(4)2(5)6/h3-7,13,16,18H,8-12H2,1-2H3;(H,3,4)(H,5,6). The summed E-state index contributed by atoms with van der Waals surface area (Å²) in [6.45, 7) is 4.88. The van der Waals surface area contributed by atoms with Crippen molar-refractivity contribution in [2.45, 2.75) is 31.4 Å². The van der Waals surface area contributed by atoms with E-state index in [1.165, 1.54) is 5.56 Å². The Hall–Kier alpha value is -1.96. The first-order valence-corrected chi connectivity index (χ1v) is 7.91. The first kappa shape index (κ1) is 20.1. The van der Waals surface area contributed by atoms with E-state index in [1.54, 1.807) is 0 Å². The molecule has 7 nitrogen and oxygen atoms in total. The number of carboxylic acid groups (broad SMARTS) is 2. The summed E-state index contributed by atoms with van der Waals surface area (Å²) in [7, 11) is 1.90. The molecule has 4 N–H and O–H groups in total. The summed E-state index contributed by atoms with van der Waals surface area (Å²) < 4.78 is 0. The van der Waals surface area contributed by atoms with Gasteiger partial charge in [0.1, 0.15) is 0 Å². The lowest BCUT2D eigenvalue weighted by Crippen LogP contribution is -2.49. The van der Waals surface area contributed by atoms with Gasteiger partial charge in [0.25, 0.3) is 0 Å². The van der Waals surface area contributed by atoms with Crippen LogP contribution in [0.5, 0.6) is 0 Å². The summed E-state index contributed by atoms with van der Waals surface area (Å²) in [5.74, 6) is -3.65. The van der Waals surface area contributed by atoms with Crippen LogP contribution in [0.3, 0.4) is 0 Å². The van der Waals surface area contributed by atoms with Crippen molar-refractivity contribution in [2.75, 3.05) is 26.7 Å². The molecule has 1 unspecified atom stereocenters. The van der Waals surface area contributed by atoms with Gasteiger partial charge in [-0.05, 0) is 32.4 Å². The number of aliphatic carboxylic acids is 2. The van der Waals surface area contributed by atoms with Crippen LogP contribution < -0.4 is 5.32 Å². The molecular weight excluding hydrogens is 312 g/mol. The quantitative estimate of drug-likeness (QED) is 0.605. The molecule has 1 fully saturated rings. The highest BCUT2D eigenvalue weighted by Crippen LogP contribution is 2.28. The topological polar surface area (TPSA) is 110 Å². The normalized spacial score (nSPS) is 18.1. The summed E-state index contributed by atoms with van der Waals surface area (Å²) in [6.07, 6.45) is 1.70. The fraction of sp³-hybridized carbons (Fsp3) is 0.529. The zero-order valence-corrected chi connectivity index (χ0v) is 14.1. The molecule has 7 heteroatoms. The predicted octanol–water partition coefficient (Wildman–Crippen LogP) is 0.950. The second kappa shape index (κ2) is 9.36. The number of carboxylic acids is 2. The number of piperidine rings is 1. The van der Waals surface area contributed by atoms with Crippen LogP contribution in [0.15, 0.2) is 30.3 Å². The van der Waals surface area contributed by atoms with E-state index in [1.807, 2.05) is 7.05 Å². The molecule has 0 aliphatic carbocycles. The average molecular weight is 338 g/mol. The van der Waals surface area contributed by atoms with E-state index in [-0.39, 0.29) is 0 Å². The molecule has 0 bridgehead atoms. The maximum absolute atomic E-state index is 10.4. The summed E-state index contributed by atoms with van der Waals surface area (Å²) in [5, 5.41) is 28.2. The first-order chi connectivity index (χ1) is 11.3. The molecule has 1 aliphatic heterocycles. The van der Waals surface area contributed by atoms with Gasteiger partial charge in [-0.2, -0.15) is 0 Å². The van der Waals surface area contributed by atoms with E-state index >= 15 is 0 Å². The largest absolute Gasteiger partial charge is 0.473 e. The highest BCUT2D eigenvalue weighted by atomic mass is 16.4. The van der Waals surface area contributed by atoms with Gasteiger partial charge in [0, 0.05) is 25.7 Å². The Morgan fingerprint density at radius 1 is 1.17 bits per heavy atom. The molecule has 1 heterocycles. The van der Waals surface area contributed by atoms with Gasteiger partial charge in [-0.1, -0.05) is 30.3 Å². The van der Waals surface area contributed by atoms with Crippen LogP contribution in [0.1, 0.15) is 31.4 Å². The number of carbonyl (C=O) groups is 2. The van der Waals surface area contributed by atoms with Gasteiger partial charge in [0.2, 0.25) is 0 Å². The maximum atomic E-state index is 10.4. The van der Waals surface area contributed by atoms with E-state index in [2.05, 4.69) is 47.5 Å². The van der Waals surface area contributed by atoms with Crippen molar-refractivity contribution in [3.63, 3.8) is 0 Å². The van der Waals surface area contributed by atoms with Gasteiger partial charge in [0.15, 0.2) is 0 Å². The molecule has 1 aromatic rings. The lowest BCUT2D eigenvalue weighted by Gasteiger charge is -2.40. The van der Waals surface area contributed by atoms with Crippen molar-refractivity contribution >= 4 is 11.9 Å². The molecular formula is C17H26N2O5. The minimum absolute atomic E-state index is 0.435. The lowest BCUT2D eigenvalue weighted by molar-refractivity contribution is -0.159. The monoisotopic (exact) mass is 338 g/mol. The van der Waals surface area contributed by atoms with Crippen molar-refractivity contribution in [2.24, 2.45) is 0 Å². The van der Waals surface area contributed by atoms with Crippen LogP contribution in [-0.4, -0.2) is 64.4 Å². The summed E-state index contributed by atoms with van der Waals surface area (Å²) in [6, 6.07) is 11.0. The Balaban J connectivity index is 0.000000413. The maximum Gasteiger partial charge on any atom is 0.414 e. The Morgan fingerprint density at radius 3 is 2.08 bits per heavy atom. The van der Waals surface area contributed by atoms with Crippen molar-refractivity contribution in [1.29, 1.82) is 0 Å². The SMILES string of the molecule is CNCC1(O)CCN(C(C)c2ccccc2)CC1.O=C(O)C(=O)O. The highest BCUT2D eigenvalue weighted by molar-refractivity contribution is 6.27. The van der Waals surface area contributed by atoms with Gasteiger partial charge in [-0.15, -0.1) is 0 Å². The summed E-state index contributed by atoms with van der Waals surface area (Å²) in [4.78, 5) is 20.7. The van der Waals surface area contributed by atoms with Crippen molar-refractivity contribution < 1.29 is 24.9 Å². The van der Waals surface area contributed by atoms with E-state index in [9.17, 15) is 5.11 Å². The molecule has 1 aliphatic rings. The molecule has 24 heavy (non-hydrogen) atoms. The molecule has 0 saturated carbocycles. The van der Waals surface area contributed by atoms with Crippen LogP contribution in [0.2, 0.25) is 0 Å². The molecule has 0 aromatic heterocycles. The summed E-state index contributed by atoms with van der Waals surface area (Å²) in [5.41, 5.74) is 0.846. The second-order valence-corrected chi connectivity index (χ2v) is 5.99. The number of nitrogens with zero attached hydrogens (tertiary/aromatic N) is 1. The smallest absolute Gasteiger partial charge is 0.414 e. The van der Waals surface area contributed by atoms with Gasteiger partial charge in [-0.3, -0.25) is 4.90 Å². The van der Waals surface area contributed by atoms with Crippen LogP contribution in [0, 0.1) is 0 Å². The van der Waals surface area contributed by atoms with E-state index < -0.39 is 17.5 Å². The fourth-order valence-corrected chi connectivity index (χ4v) is 2.78. The number of rotatable bonds is 4. The number of benzene rings is 1. The third kappa shape index (κ3) is 6.27. The molecule has 1 aromatic carbocycles. The molecule has 2 rings (SSSR count). The van der Waals surface area contributed by atoms with Crippen LogP contribution >= 0.6 is 0 Å². The molecule has 0 radical (unpaired) electrons. The van der Waals surface area contributed by atoms with Crippen LogP contribution in [0.4, 0.5) is 0 Å². The predicted molar refractivity (Wildman–Crippen MR) is 89.8 cm³/mol. The Labute approximate surface area is 141 Å². The summed E-state index contributed by atoms with van der Waals surface area (Å²) >= 11 is 0.